The number of anilines is 1. The van der Waals surface area contributed by atoms with E-state index in [9.17, 15) is 9.59 Å². The van der Waals surface area contributed by atoms with E-state index in [0.29, 0.717) is 17.2 Å². The van der Waals surface area contributed by atoms with Gasteiger partial charge < -0.3 is 10.2 Å². The molecule has 1 N–H and O–H groups in total. The van der Waals surface area contributed by atoms with E-state index in [1.165, 1.54) is 11.3 Å². The molecule has 7 heteroatoms. The summed E-state index contributed by atoms with van der Waals surface area (Å²) in [5.41, 5.74) is 2.36. The van der Waals surface area contributed by atoms with Gasteiger partial charge in [0.2, 0.25) is 5.91 Å². The van der Waals surface area contributed by atoms with Crippen LogP contribution in [0.1, 0.15) is 24.2 Å². The standard InChI is InChI=1S/C22H22BrN3O2S/c1-15(2)12-26(21(28)17-9-6-10-18(23)11-17)13-20(27)25-22-24-19(14-29-22)16-7-4-3-5-8-16/h3-11,14-15H,12-13H2,1-2H3,(H,24,25,27). The molecule has 1 heterocycles. The maximum atomic E-state index is 12.9. The number of halogens is 1. The Hall–Kier alpha value is -2.51. The number of nitrogens with zero attached hydrogens (tertiary/aromatic N) is 2. The molecule has 0 bridgehead atoms. The van der Waals surface area contributed by atoms with Crippen molar-refractivity contribution in [3.05, 3.63) is 70.0 Å². The van der Waals surface area contributed by atoms with Gasteiger partial charge in [0.25, 0.3) is 5.91 Å². The molecule has 1 aromatic heterocycles. The van der Waals surface area contributed by atoms with E-state index in [1.54, 1.807) is 17.0 Å². The Kier molecular flexibility index (Phi) is 7.17. The lowest BCUT2D eigenvalue weighted by atomic mass is 10.1. The summed E-state index contributed by atoms with van der Waals surface area (Å²) in [6.45, 7) is 4.51. The molecule has 3 rings (SSSR count). The van der Waals surface area contributed by atoms with Crippen molar-refractivity contribution in [3.8, 4) is 11.3 Å². The van der Waals surface area contributed by atoms with Gasteiger partial charge in [0, 0.05) is 27.5 Å². The number of aromatic nitrogens is 1. The average molecular weight is 472 g/mol. The smallest absolute Gasteiger partial charge is 0.254 e. The highest BCUT2D eigenvalue weighted by molar-refractivity contribution is 9.10. The number of nitrogens with one attached hydrogen (secondary N) is 1. The molecule has 150 valence electrons. The molecule has 0 atom stereocenters. The number of hydrogen-bond donors (Lipinski definition) is 1. The van der Waals surface area contributed by atoms with Crippen molar-refractivity contribution in [2.75, 3.05) is 18.4 Å². The fourth-order valence-electron chi connectivity index (χ4n) is 2.87. The number of carbonyl (C=O) groups excluding carboxylic acids is 2. The first kappa shape index (κ1) is 21.2. The van der Waals surface area contributed by atoms with Crippen LogP contribution < -0.4 is 5.32 Å². The van der Waals surface area contributed by atoms with Gasteiger partial charge in [-0.05, 0) is 24.1 Å². The monoisotopic (exact) mass is 471 g/mol. The van der Waals surface area contributed by atoms with Crippen LogP contribution in [0.25, 0.3) is 11.3 Å². The van der Waals surface area contributed by atoms with Crippen molar-refractivity contribution < 1.29 is 9.59 Å². The van der Waals surface area contributed by atoms with E-state index >= 15 is 0 Å². The van der Waals surface area contributed by atoms with E-state index in [2.05, 4.69) is 26.2 Å². The third-order valence-electron chi connectivity index (χ3n) is 4.10. The number of carbonyl (C=O) groups is 2. The summed E-state index contributed by atoms with van der Waals surface area (Å²) in [6.07, 6.45) is 0. The SMILES string of the molecule is CC(C)CN(CC(=O)Nc1nc(-c2ccccc2)cs1)C(=O)c1cccc(Br)c1. The second kappa shape index (κ2) is 9.80. The van der Waals surface area contributed by atoms with Crippen molar-refractivity contribution >= 4 is 44.2 Å². The molecular formula is C22H22BrN3O2S. The molecule has 0 spiro atoms. The lowest BCUT2D eigenvalue weighted by molar-refractivity contribution is -0.117. The average Bonchev–Trinajstić information content (AvgIpc) is 3.15. The highest BCUT2D eigenvalue weighted by Gasteiger charge is 2.21. The zero-order chi connectivity index (χ0) is 20.8. The second-order valence-corrected chi connectivity index (χ2v) is 8.82. The molecule has 0 aliphatic rings. The molecule has 0 radical (unpaired) electrons. The summed E-state index contributed by atoms with van der Waals surface area (Å²) in [6, 6.07) is 17.0. The Labute approximate surface area is 182 Å². The molecule has 0 aliphatic heterocycles. The van der Waals surface area contributed by atoms with Gasteiger partial charge in [0.15, 0.2) is 5.13 Å². The Morgan fingerprint density at radius 2 is 1.90 bits per heavy atom. The second-order valence-electron chi connectivity index (χ2n) is 7.04. The minimum atomic E-state index is -0.261. The van der Waals surface area contributed by atoms with Gasteiger partial charge in [-0.2, -0.15) is 0 Å². The van der Waals surface area contributed by atoms with Crippen molar-refractivity contribution in [2.45, 2.75) is 13.8 Å². The van der Waals surface area contributed by atoms with E-state index in [1.807, 2.05) is 61.7 Å². The third kappa shape index (κ3) is 5.98. The van der Waals surface area contributed by atoms with Crippen LogP contribution in [0.3, 0.4) is 0 Å². The molecule has 2 amide bonds. The van der Waals surface area contributed by atoms with Crippen molar-refractivity contribution in [3.63, 3.8) is 0 Å². The first-order valence-electron chi connectivity index (χ1n) is 9.28. The summed E-state index contributed by atoms with van der Waals surface area (Å²) in [7, 11) is 0. The summed E-state index contributed by atoms with van der Waals surface area (Å²) in [4.78, 5) is 31.6. The van der Waals surface area contributed by atoms with Crippen LogP contribution in [0.15, 0.2) is 64.5 Å². The van der Waals surface area contributed by atoms with Gasteiger partial charge in [-0.25, -0.2) is 4.98 Å². The van der Waals surface area contributed by atoms with Gasteiger partial charge in [0.1, 0.15) is 6.54 Å². The highest BCUT2D eigenvalue weighted by atomic mass is 79.9. The fraction of sp³-hybridized carbons (Fsp3) is 0.227. The van der Waals surface area contributed by atoms with Crippen LogP contribution in [-0.2, 0) is 4.79 Å². The predicted molar refractivity (Wildman–Crippen MR) is 121 cm³/mol. The maximum Gasteiger partial charge on any atom is 0.254 e. The maximum absolute atomic E-state index is 12.9. The quantitative estimate of drug-likeness (QED) is 0.507. The number of amides is 2. The van der Waals surface area contributed by atoms with Gasteiger partial charge in [-0.3, -0.25) is 9.59 Å². The lowest BCUT2D eigenvalue weighted by Gasteiger charge is -2.24. The number of hydrogen-bond acceptors (Lipinski definition) is 4. The Morgan fingerprint density at radius 1 is 1.14 bits per heavy atom. The Morgan fingerprint density at radius 3 is 2.59 bits per heavy atom. The number of rotatable bonds is 7. The molecule has 0 fully saturated rings. The molecule has 5 nitrogen and oxygen atoms in total. The van der Waals surface area contributed by atoms with Crippen LogP contribution in [0.5, 0.6) is 0 Å². The minimum Gasteiger partial charge on any atom is -0.329 e. The van der Waals surface area contributed by atoms with Crippen molar-refractivity contribution in [1.82, 2.24) is 9.88 Å². The van der Waals surface area contributed by atoms with Gasteiger partial charge in [-0.1, -0.05) is 66.2 Å². The van der Waals surface area contributed by atoms with Crippen LogP contribution in [0.2, 0.25) is 0 Å². The molecule has 0 saturated carbocycles. The summed E-state index contributed by atoms with van der Waals surface area (Å²) >= 11 is 4.76. The largest absolute Gasteiger partial charge is 0.329 e. The molecule has 29 heavy (non-hydrogen) atoms. The summed E-state index contributed by atoms with van der Waals surface area (Å²) < 4.78 is 0.827. The van der Waals surface area contributed by atoms with E-state index in [-0.39, 0.29) is 24.3 Å². The number of benzene rings is 2. The van der Waals surface area contributed by atoms with E-state index in [0.717, 1.165) is 15.7 Å². The van der Waals surface area contributed by atoms with Crippen LogP contribution >= 0.6 is 27.3 Å². The zero-order valence-corrected chi connectivity index (χ0v) is 18.7. The molecule has 0 saturated heterocycles. The Balaban J connectivity index is 1.69. The molecule has 0 unspecified atom stereocenters. The molecular weight excluding hydrogens is 450 g/mol. The first-order valence-corrected chi connectivity index (χ1v) is 11.0. The first-order chi connectivity index (χ1) is 13.9. The fourth-order valence-corrected chi connectivity index (χ4v) is 4.00. The highest BCUT2D eigenvalue weighted by Crippen LogP contribution is 2.24. The normalized spacial score (nSPS) is 10.8. The number of thiazole rings is 1. The molecule has 2 aromatic carbocycles. The minimum absolute atomic E-state index is 0.0240. The van der Waals surface area contributed by atoms with Crippen LogP contribution in [0.4, 0.5) is 5.13 Å². The van der Waals surface area contributed by atoms with Crippen molar-refractivity contribution in [1.29, 1.82) is 0 Å². The van der Waals surface area contributed by atoms with Crippen molar-refractivity contribution in [2.24, 2.45) is 5.92 Å². The molecule has 0 aliphatic carbocycles. The lowest BCUT2D eigenvalue weighted by Crippen LogP contribution is -2.40. The summed E-state index contributed by atoms with van der Waals surface area (Å²) in [5.74, 6) is -0.189. The van der Waals surface area contributed by atoms with E-state index < -0.39 is 0 Å². The van der Waals surface area contributed by atoms with Gasteiger partial charge in [-0.15, -0.1) is 11.3 Å². The third-order valence-corrected chi connectivity index (χ3v) is 5.35. The predicted octanol–water partition coefficient (Wildman–Crippen LogP) is 5.31. The summed E-state index contributed by atoms with van der Waals surface area (Å²) in [5, 5.41) is 5.25. The zero-order valence-electron chi connectivity index (χ0n) is 16.3. The molecule has 3 aromatic rings. The Bertz CT molecular complexity index is 988. The van der Waals surface area contributed by atoms with Gasteiger partial charge in [0.05, 0.1) is 5.69 Å². The topological polar surface area (TPSA) is 62.3 Å². The van der Waals surface area contributed by atoms with Crippen LogP contribution in [-0.4, -0.2) is 34.8 Å². The van der Waals surface area contributed by atoms with E-state index in [4.69, 9.17) is 0 Å². The van der Waals surface area contributed by atoms with Gasteiger partial charge >= 0.3 is 0 Å². The van der Waals surface area contributed by atoms with Crippen LogP contribution in [0, 0.1) is 5.92 Å².